The summed E-state index contributed by atoms with van der Waals surface area (Å²) in [5, 5.41) is 6.06. The zero-order valence-electron chi connectivity index (χ0n) is 19.1. The fourth-order valence-electron chi connectivity index (χ4n) is 3.50. The number of aromatic nitrogens is 2. The van der Waals surface area contributed by atoms with Crippen molar-refractivity contribution in [1.82, 2.24) is 9.66 Å². The third kappa shape index (κ3) is 5.86. The minimum Gasteiger partial charge on any atom is -0.493 e. The summed E-state index contributed by atoms with van der Waals surface area (Å²) in [5.74, 6) is 1.69. The second-order valence-electron chi connectivity index (χ2n) is 7.74. The Bertz CT molecular complexity index is 1470. The molecule has 0 spiro atoms. The van der Waals surface area contributed by atoms with E-state index in [2.05, 4.69) is 26.0 Å². The van der Waals surface area contributed by atoms with Gasteiger partial charge in [0.15, 0.2) is 11.5 Å². The highest BCUT2D eigenvalue weighted by atomic mass is 79.9. The quantitative estimate of drug-likeness (QED) is 0.215. The maximum Gasteiger partial charge on any atom is 0.282 e. The van der Waals surface area contributed by atoms with Gasteiger partial charge in [0.25, 0.3) is 5.56 Å². The minimum atomic E-state index is -0.220. The van der Waals surface area contributed by atoms with Crippen molar-refractivity contribution in [1.29, 1.82) is 0 Å². The van der Waals surface area contributed by atoms with E-state index in [1.807, 2.05) is 31.2 Å². The summed E-state index contributed by atoms with van der Waals surface area (Å²) in [5.41, 5.74) is 1.98. The standard InChI is InChI=1S/C26H22BrCl2N3O3/c1-3-4-25-31-22-9-7-18(27)12-20(22)26(33)32(25)30-14-16-5-10-23(24(11-16)34-2)35-15-17-6-8-19(28)13-21(17)29/h5-14H,3-4,15H2,1-2H3. The van der Waals surface area contributed by atoms with E-state index < -0.39 is 0 Å². The summed E-state index contributed by atoms with van der Waals surface area (Å²) >= 11 is 15.6. The van der Waals surface area contributed by atoms with Crippen LogP contribution in [0.5, 0.6) is 11.5 Å². The molecule has 4 rings (SSSR count). The smallest absolute Gasteiger partial charge is 0.282 e. The molecule has 0 N–H and O–H groups in total. The van der Waals surface area contributed by atoms with Gasteiger partial charge in [0.05, 0.1) is 24.2 Å². The Balaban J connectivity index is 1.62. The van der Waals surface area contributed by atoms with Crippen LogP contribution in [0.1, 0.15) is 30.3 Å². The first-order chi connectivity index (χ1) is 16.9. The Morgan fingerprint density at radius 2 is 1.91 bits per heavy atom. The lowest BCUT2D eigenvalue weighted by molar-refractivity contribution is 0.284. The highest BCUT2D eigenvalue weighted by molar-refractivity contribution is 9.10. The second kappa shape index (κ2) is 11.2. The van der Waals surface area contributed by atoms with E-state index in [1.165, 1.54) is 4.68 Å². The lowest BCUT2D eigenvalue weighted by Crippen LogP contribution is -2.22. The molecule has 0 unspecified atom stereocenters. The van der Waals surface area contributed by atoms with Crippen molar-refractivity contribution >= 4 is 56.2 Å². The van der Waals surface area contributed by atoms with E-state index in [0.717, 1.165) is 22.0 Å². The van der Waals surface area contributed by atoms with Gasteiger partial charge in [-0.15, -0.1) is 0 Å². The molecule has 0 fully saturated rings. The number of nitrogens with zero attached hydrogens (tertiary/aromatic N) is 3. The lowest BCUT2D eigenvalue weighted by atomic mass is 10.2. The van der Waals surface area contributed by atoms with Gasteiger partial charge in [0.2, 0.25) is 0 Å². The Kier molecular flexibility index (Phi) is 8.11. The van der Waals surface area contributed by atoms with Crippen LogP contribution in [0.25, 0.3) is 10.9 Å². The van der Waals surface area contributed by atoms with Crippen LogP contribution in [-0.4, -0.2) is 23.0 Å². The summed E-state index contributed by atoms with van der Waals surface area (Å²) < 4.78 is 13.6. The van der Waals surface area contributed by atoms with E-state index in [0.29, 0.717) is 44.7 Å². The molecule has 35 heavy (non-hydrogen) atoms. The Morgan fingerprint density at radius 1 is 1.09 bits per heavy atom. The molecule has 0 saturated heterocycles. The SMILES string of the molecule is CCCc1nc2ccc(Br)cc2c(=O)n1N=Cc1ccc(OCc2ccc(Cl)cc2Cl)c(OC)c1. The molecule has 180 valence electrons. The van der Waals surface area contributed by atoms with Crippen molar-refractivity contribution in [2.24, 2.45) is 5.10 Å². The fourth-order valence-corrected chi connectivity index (χ4v) is 4.33. The molecule has 0 aliphatic rings. The summed E-state index contributed by atoms with van der Waals surface area (Å²) in [4.78, 5) is 17.8. The van der Waals surface area contributed by atoms with Crippen LogP contribution in [0.15, 0.2) is 69.0 Å². The largest absolute Gasteiger partial charge is 0.493 e. The maximum absolute atomic E-state index is 13.2. The molecule has 0 amide bonds. The molecule has 9 heteroatoms. The lowest BCUT2D eigenvalue weighted by Gasteiger charge is -2.12. The highest BCUT2D eigenvalue weighted by Gasteiger charge is 2.11. The minimum absolute atomic E-state index is 0.220. The molecular formula is C26H22BrCl2N3O3. The number of benzene rings is 3. The summed E-state index contributed by atoms with van der Waals surface area (Å²) in [6, 6.07) is 16.1. The first-order valence-corrected chi connectivity index (χ1v) is 12.4. The predicted molar refractivity (Wildman–Crippen MR) is 144 cm³/mol. The highest BCUT2D eigenvalue weighted by Crippen LogP contribution is 2.30. The molecular weight excluding hydrogens is 553 g/mol. The van der Waals surface area contributed by atoms with Gasteiger partial charge in [-0.25, -0.2) is 4.98 Å². The number of aryl methyl sites for hydroxylation is 1. The summed E-state index contributed by atoms with van der Waals surface area (Å²) in [7, 11) is 1.56. The van der Waals surface area contributed by atoms with Crippen LogP contribution in [0.4, 0.5) is 0 Å². The van der Waals surface area contributed by atoms with Crippen LogP contribution in [0.3, 0.4) is 0 Å². The van der Waals surface area contributed by atoms with E-state index in [1.54, 1.807) is 43.7 Å². The molecule has 1 heterocycles. The normalized spacial score (nSPS) is 11.3. The Labute approximate surface area is 221 Å². The number of fused-ring (bicyclic) bond motifs is 1. The molecule has 1 aromatic heterocycles. The van der Waals surface area contributed by atoms with Gasteiger partial charge in [-0.1, -0.05) is 52.1 Å². The number of hydrogen-bond acceptors (Lipinski definition) is 5. The van der Waals surface area contributed by atoms with Gasteiger partial charge in [0.1, 0.15) is 12.4 Å². The first kappa shape index (κ1) is 25.2. The van der Waals surface area contributed by atoms with Gasteiger partial charge < -0.3 is 9.47 Å². The van der Waals surface area contributed by atoms with Crippen LogP contribution < -0.4 is 15.0 Å². The average Bonchev–Trinajstić information content (AvgIpc) is 2.84. The number of hydrogen-bond donors (Lipinski definition) is 0. The van der Waals surface area contributed by atoms with Crippen molar-refractivity contribution in [2.45, 2.75) is 26.4 Å². The van der Waals surface area contributed by atoms with E-state index in [-0.39, 0.29) is 12.2 Å². The zero-order valence-corrected chi connectivity index (χ0v) is 22.2. The zero-order chi connectivity index (χ0) is 24.9. The molecule has 0 aliphatic heterocycles. The van der Waals surface area contributed by atoms with E-state index in [9.17, 15) is 4.79 Å². The average molecular weight is 575 g/mol. The number of ether oxygens (including phenoxy) is 2. The second-order valence-corrected chi connectivity index (χ2v) is 9.50. The fraction of sp³-hybridized carbons (Fsp3) is 0.192. The molecule has 3 aromatic carbocycles. The van der Waals surface area contributed by atoms with Crippen LogP contribution >= 0.6 is 39.1 Å². The molecule has 0 bridgehead atoms. The van der Waals surface area contributed by atoms with Crippen molar-refractivity contribution in [3.63, 3.8) is 0 Å². The van der Waals surface area contributed by atoms with Gasteiger partial charge >= 0.3 is 0 Å². The van der Waals surface area contributed by atoms with Crippen molar-refractivity contribution < 1.29 is 9.47 Å². The topological polar surface area (TPSA) is 65.7 Å². The Hall–Kier alpha value is -2.87. The molecule has 6 nitrogen and oxygen atoms in total. The summed E-state index contributed by atoms with van der Waals surface area (Å²) in [6.07, 6.45) is 3.07. The van der Waals surface area contributed by atoms with Gasteiger partial charge in [-0.05, 0) is 60.5 Å². The monoisotopic (exact) mass is 573 g/mol. The van der Waals surface area contributed by atoms with Gasteiger partial charge in [-0.3, -0.25) is 4.79 Å². The Morgan fingerprint density at radius 3 is 2.66 bits per heavy atom. The van der Waals surface area contributed by atoms with E-state index in [4.69, 9.17) is 32.7 Å². The van der Waals surface area contributed by atoms with Gasteiger partial charge in [0, 0.05) is 26.5 Å². The molecule has 4 aromatic rings. The van der Waals surface area contributed by atoms with Crippen molar-refractivity contribution in [2.75, 3.05) is 7.11 Å². The molecule has 0 atom stereocenters. The first-order valence-electron chi connectivity index (χ1n) is 10.9. The third-order valence-electron chi connectivity index (χ3n) is 5.26. The number of rotatable bonds is 8. The van der Waals surface area contributed by atoms with Crippen LogP contribution in [0.2, 0.25) is 10.0 Å². The molecule has 0 saturated carbocycles. The third-order valence-corrected chi connectivity index (χ3v) is 6.34. The summed E-state index contributed by atoms with van der Waals surface area (Å²) in [6.45, 7) is 2.29. The molecule has 0 radical (unpaired) electrons. The maximum atomic E-state index is 13.2. The van der Waals surface area contributed by atoms with Gasteiger partial charge in [-0.2, -0.15) is 9.78 Å². The number of methoxy groups -OCH3 is 1. The van der Waals surface area contributed by atoms with Crippen LogP contribution in [-0.2, 0) is 13.0 Å². The van der Waals surface area contributed by atoms with Crippen molar-refractivity contribution in [3.05, 3.63) is 96.4 Å². The van der Waals surface area contributed by atoms with Crippen molar-refractivity contribution in [3.8, 4) is 11.5 Å². The number of halogens is 3. The van der Waals surface area contributed by atoms with Crippen LogP contribution in [0, 0.1) is 0 Å². The predicted octanol–water partition coefficient (Wildman–Crippen LogP) is 6.89. The molecule has 0 aliphatic carbocycles. The van der Waals surface area contributed by atoms with E-state index >= 15 is 0 Å².